The van der Waals surface area contributed by atoms with Crippen LogP contribution >= 0.6 is 0 Å². The van der Waals surface area contributed by atoms with Crippen molar-refractivity contribution in [2.24, 2.45) is 0 Å². The Morgan fingerprint density at radius 1 is 1.17 bits per heavy atom. The van der Waals surface area contributed by atoms with E-state index in [-0.39, 0.29) is 6.54 Å². The molecule has 0 aromatic rings. The molecule has 1 N–H and O–H groups in total. The summed E-state index contributed by atoms with van der Waals surface area (Å²) in [7, 11) is 0. The van der Waals surface area contributed by atoms with Crippen molar-refractivity contribution < 1.29 is 13.5 Å². The molecule has 0 aromatic carbocycles. The molecular formula is C8H13F2NO. The fourth-order valence-corrected chi connectivity index (χ4v) is 1.90. The Kier molecular flexibility index (Phi) is 1.84. The molecule has 0 aromatic heterocycles. The maximum Gasteiger partial charge on any atom is 0.283 e. The van der Waals surface area contributed by atoms with Gasteiger partial charge in [-0.15, -0.1) is 0 Å². The highest BCUT2D eigenvalue weighted by Crippen LogP contribution is 2.35. The third-order valence-electron chi connectivity index (χ3n) is 2.64. The molecule has 1 saturated carbocycles. The molecule has 1 aliphatic heterocycles. The summed E-state index contributed by atoms with van der Waals surface area (Å²) in [6.45, 7) is -0.646. The van der Waals surface area contributed by atoms with Gasteiger partial charge in [0.2, 0.25) is 0 Å². The maximum absolute atomic E-state index is 12.7. The van der Waals surface area contributed by atoms with Gasteiger partial charge in [0.1, 0.15) is 12.3 Å². The predicted octanol–water partition coefficient (Wildman–Crippen LogP) is 1.51. The molecule has 2 fully saturated rings. The molecular weight excluding hydrogens is 164 g/mol. The van der Waals surface area contributed by atoms with Gasteiger partial charge in [0.05, 0.1) is 6.54 Å². The zero-order chi connectivity index (χ0) is 8.66. The second-order valence-electron chi connectivity index (χ2n) is 3.70. The fourth-order valence-electron chi connectivity index (χ4n) is 1.90. The van der Waals surface area contributed by atoms with Gasteiger partial charge in [-0.25, -0.2) is 8.78 Å². The summed E-state index contributed by atoms with van der Waals surface area (Å²) in [5.41, 5.74) is -0.401. The monoisotopic (exact) mass is 177 g/mol. The van der Waals surface area contributed by atoms with Crippen LogP contribution in [0.4, 0.5) is 8.78 Å². The molecule has 2 rings (SSSR count). The smallest absolute Gasteiger partial charge is 0.283 e. The summed E-state index contributed by atoms with van der Waals surface area (Å²) in [5, 5.41) is 2.81. The first-order valence-electron chi connectivity index (χ1n) is 4.39. The van der Waals surface area contributed by atoms with Crippen LogP contribution in [0.1, 0.15) is 25.7 Å². The molecule has 0 bridgehead atoms. The standard InChI is InChI=1S/C8H13F2NO/c9-7(10)5-11-8(12-6-7)3-1-2-4-8/h11H,1-6H2. The van der Waals surface area contributed by atoms with Crippen LogP contribution in [0, 0.1) is 0 Å². The Morgan fingerprint density at radius 2 is 1.83 bits per heavy atom. The maximum atomic E-state index is 12.7. The van der Waals surface area contributed by atoms with E-state index in [4.69, 9.17) is 4.74 Å². The van der Waals surface area contributed by atoms with Crippen molar-refractivity contribution >= 4 is 0 Å². The van der Waals surface area contributed by atoms with Crippen LogP contribution in [-0.4, -0.2) is 24.8 Å². The number of hydrogen-bond donors (Lipinski definition) is 1. The summed E-state index contributed by atoms with van der Waals surface area (Å²) in [4.78, 5) is 0. The van der Waals surface area contributed by atoms with E-state index < -0.39 is 18.3 Å². The molecule has 0 amide bonds. The van der Waals surface area contributed by atoms with Gasteiger partial charge in [0.15, 0.2) is 0 Å². The second kappa shape index (κ2) is 2.64. The van der Waals surface area contributed by atoms with E-state index >= 15 is 0 Å². The first-order valence-corrected chi connectivity index (χ1v) is 4.39. The van der Waals surface area contributed by atoms with E-state index in [2.05, 4.69) is 5.32 Å². The zero-order valence-corrected chi connectivity index (χ0v) is 6.91. The summed E-state index contributed by atoms with van der Waals surface area (Å²) < 4.78 is 30.5. The fraction of sp³-hybridized carbons (Fsp3) is 1.00. The van der Waals surface area contributed by atoms with Crippen molar-refractivity contribution in [1.82, 2.24) is 5.32 Å². The number of halogens is 2. The van der Waals surface area contributed by atoms with Crippen LogP contribution in [0.25, 0.3) is 0 Å². The minimum Gasteiger partial charge on any atom is -0.354 e. The predicted molar refractivity (Wildman–Crippen MR) is 40.1 cm³/mol. The molecule has 1 saturated heterocycles. The second-order valence-corrected chi connectivity index (χ2v) is 3.70. The van der Waals surface area contributed by atoms with Crippen molar-refractivity contribution in [3.63, 3.8) is 0 Å². The Morgan fingerprint density at radius 3 is 2.33 bits per heavy atom. The third-order valence-corrected chi connectivity index (χ3v) is 2.64. The van der Waals surface area contributed by atoms with Crippen molar-refractivity contribution in [2.75, 3.05) is 13.2 Å². The lowest BCUT2D eigenvalue weighted by atomic mass is 10.1. The lowest BCUT2D eigenvalue weighted by Gasteiger charge is -2.38. The molecule has 1 aliphatic carbocycles. The zero-order valence-electron chi connectivity index (χ0n) is 6.91. The van der Waals surface area contributed by atoms with Crippen LogP contribution in [0.2, 0.25) is 0 Å². The number of hydrogen-bond acceptors (Lipinski definition) is 2. The molecule has 2 aliphatic rings. The van der Waals surface area contributed by atoms with Gasteiger partial charge in [-0.3, -0.25) is 5.32 Å². The Balaban J connectivity index is 1.97. The van der Waals surface area contributed by atoms with Crippen molar-refractivity contribution in [3.8, 4) is 0 Å². The lowest BCUT2D eigenvalue weighted by Crippen LogP contribution is -2.57. The Hall–Kier alpha value is -0.220. The highest BCUT2D eigenvalue weighted by atomic mass is 19.3. The van der Waals surface area contributed by atoms with Crippen LogP contribution in [0.3, 0.4) is 0 Å². The SMILES string of the molecule is FC1(F)CNC2(CCCC2)OC1. The largest absolute Gasteiger partial charge is 0.354 e. The van der Waals surface area contributed by atoms with E-state index in [0.29, 0.717) is 0 Å². The molecule has 2 nitrogen and oxygen atoms in total. The van der Waals surface area contributed by atoms with Crippen LogP contribution in [-0.2, 0) is 4.74 Å². The molecule has 1 heterocycles. The van der Waals surface area contributed by atoms with E-state index in [1.54, 1.807) is 0 Å². The molecule has 12 heavy (non-hydrogen) atoms. The Bertz CT molecular complexity index is 166. The Labute approximate surface area is 70.3 Å². The average Bonchev–Trinajstić information content (AvgIpc) is 2.46. The normalized spacial score (nSPS) is 32.5. The molecule has 0 unspecified atom stereocenters. The van der Waals surface area contributed by atoms with Crippen LogP contribution in [0.15, 0.2) is 0 Å². The molecule has 0 atom stereocenters. The van der Waals surface area contributed by atoms with Crippen molar-refractivity contribution in [1.29, 1.82) is 0 Å². The van der Waals surface area contributed by atoms with Gasteiger partial charge in [-0.05, 0) is 25.7 Å². The minimum atomic E-state index is -2.67. The highest BCUT2D eigenvalue weighted by molar-refractivity contribution is 4.90. The van der Waals surface area contributed by atoms with E-state index in [9.17, 15) is 8.78 Å². The quantitative estimate of drug-likeness (QED) is 0.605. The van der Waals surface area contributed by atoms with Gasteiger partial charge in [-0.1, -0.05) is 0 Å². The lowest BCUT2D eigenvalue weighted by molar-refractivity contribution is -0.190. The number of ether oxygens (including phenoxy) is 1. The van der Waals surface area contributed by atoms with Gasteiger partial charge >= 0.3 is 0 Å². The number of rotatable bonds is 0. The first-order chi connectivity index (χ1) is 5.62. The van der Waals surface area contributed by atoms with E-state index in [1.165, 1.54) is 0 Å². The third kappa shape index (κ3) is 1.45. The topological polar surface area (TPSA) is 21.3 Å². The molecule has 0 radical (unpaired) electrons. The van der Waals surface area contributed by atoms with Crippen molar-refractivity contribution in [2.45, 2.75) is 37.3 Å². The first kappa shape index (κ1) is 8.38. The summed E-state index contributed by atoms with van der Waals surface area (Å²) in [6, 6.07) is 0. The van der Waals surface area contributed by atoms with Gasteiger partial charge < -0.3 is 4.74 Å². The summed E-state index contributed by atoms with van der Waals surface area (Å²) in [5.74, 6) is -2.67. The molecule has 1 spiro atoms. The number of alkyl halides is 2. The highest BCUT2D eigenvalue weighted by Gasteiger charge is 2.45. The van der Waals surface area contributed by atoms with Crippen LogP contribution in [0.5, 0.6) is 0 Å². The average molecular weight is 177 g/mol. The van der Waals surface area contributed by atoms with Crippen LogP contribution < -0.4 is 5.32 Å². The molecule has 4 heteroatoms. The van der Waals surface area contributed by atoms with Gasteiger partial charge in [-0.2, -0.15) is 0 Å². The minimum absolute atomic E-state index is 0.229. The van der Waals surface area contributed by atoms with E-state index in [0.717, 1.165) is 25.7 Å². The van der Waals surface area contributed by atoms with Crippen molar-refractivity contribution in [3.05, 3.63) is 0 Å². The van der Waals surface area contributed by atoms with E-state index in [1.807, 2.05) is 0 Å². The number of nitrogens with one attached hydrogen (secondary N) is 1. The summed E-state index contributed by atoms with van der Waals surface area (Å²) in [6.07, 6.45) is 3.92. The molecule has 70 valence electrons. The van der Waals surface area contributed by atoms with Gasteiger partial charge in [0.25, 0.3) is 5.92 Å². The summed E-state index contributed by atoms with van der Waals surface area (Å²) >= 11 is 0. The van der Waals surface area contributed by atoms with Gasteiger partial charge in [0, 0.05) is 0 Å².